The first-order valence-corrected chi connectivity index (χ1v) is 14.7. The number of imidazole rings is 1. The lowest BCUT2D eigenvalue weighted by Crippen LogP contribution is -2.15. The Balaban J connectivity index is 1.36. The third kappa shape index (κ3) is 2.90. The van der Waals surface area contributed by atoms with Gasteiger partial charge in [-0.1, -0.05) is 73.5 Å². The van der Waals surface area contributed by atoms with Gasteiger partial charge in [0.1, 0.15) is 5.65 Å². The van der Waals surface area contributed by atoms with E-state index in [-0.39, 0.29) is 0 Å². The fourth-order valence-corrected chi connectivity index (χ4v) is 9.53. The van der Waals surface area contributed by atoms with E-state index in [4.69, 9.17) is 4.98 Å². The highest BCUT2D eigenvalue weighted by molar-refractivity contribution is 6.12. The second-order valence-corrected chi connectivity index (χ2v) is 12.7. The van der Waals surface area contributed by atoms with Crippen molar-refractivity contribution in [1.29, 1.82) is 0 Å². The quantitative estimate of drug-likeness (QED) is 0.234. The summed E-state index contributed by atoms with van der Waals surface area (Å²) in [5, 5.41) is 3.88. The molecule has 4 bridgehead atoms. The largest absolute Gasteiger partial charge is 0.292 e. The van der Waals surface area contributed by atoms with Crippen LogP contribution in [0, 0.1) is 23.7 Å². The zero-order chi connectivity index (χ0) is 24.1. The molecule has 2 aromatic heterocycles. The molecule has 4 aliphatic carbocycles. The van der Waals surface area contributed by atoms with Gasteiger partial charge < -0.3 is 0 Å². The summed E-state index contributed by atoms with van der Waals surface area (Å²) < 4.78 is 2.51. The summed E-state index contributed by atoms with van der Waals surface area (Å²) in [6.45, 7) is 0. The van der Waals surface area contributed by atoms with E-state index in [9.17, 15) is 0 Å². The van der Waals surface area contributed by atoms with Crippen LogP contribution in [0.15, 0.2) is 72.9 Å². The van der Waals surface area contributed by atoms with Crippen molar-refractivity contribution in [2.24, 2.45) is 23.7 Å². The summed E-state index contributed by atoms with van der Waals surface area (Å²) >= 11 is 0. The third-order valence-electron chi connectivity index (χ3n) is 11.0. The van der Waals surface area contributed by atoms with E-state index in [1.54, 1.807) is 16.7 Å². The molecule has 6 unspecified atom stereocenters. The van der Waals surface area contributed by atoms with Gasteiger partial charge in [0, 0.05) is 16.3 Å². The molecule has 37 heavy (non-hydrogen) atoms. The van der Waals surface area contributed by atoms with E-state index >= 15 is 0 Å². The summed E-state index contributed by atoms with van der Waals surface area (Å²) in [5.41, 5.74) is 8.52. The molecule has 184 valence electrons. The van der Waals surface area contributed by atoms with Crippen molar-refractivity contribution >= 4 is 27.3 Å². The Morgan fingerprint density at radius 2 is 1.22 bits per heavy atom. The van der Waals surface area contributed by atoms with E-state index in [2.05, 4.69) is 77.3 Å². The van der Waals surface area contributed by atoms with Crippen LogP contribution in [0.5, 0.6) is 0 Å². The standard InChI is InChI=1S/C35H34N2/c1-2-8-29-25(6-1)26-7-3-4-11-32(26)37-33(20-36-35(29)37)34-27(30-18-21-12-14-23(30)16-21)9-5-10-28(34)31-19-22-13-15-24(31)17-22/h1-11,20-24,30-31H,12-19H2. The zero-order valence-electron chi connectivity index (χ0n) is 21.4. The lowest BCUT2D eigenvalue weighted by Gasteiger charge is -2.30. The molecule has 0 radical (unpaired) electrons. The van der Waals surface area contributed by atoms with Crippen molar-refractivity contribution in [3.63, 3.8) is 0 Å². The third-order valence-corrected chi connectivity index (χ3v) is 11.0. The predicted molar refractivity (Wildman–Crippen MR) is 152 cm³/mol. The summed E-state index contributed by atoms with van der Waals surface area (Å²) in [5.74, 6) is 5.06. The maximum Gasteiger partial charge on any atom is 0.145 e. The summed E-state index contributed by atoms with van der Waals surface area (Å²) in [7, 11) is 0. The second-order valence-electron chi connectivity index (χ2n) is 12.7. The minimum Gasteiger partial charge on any atom is -0.292 e. The smallest absolute Gasteiger partial charge is 0.145 e. The molecule has 2 heteroatoms. The second kappa shape index (κ2) is 7.69. The van der Waals surface area contributed by atoms with Crippen molar-refractivity contribution in [1.82, 2.24) is 9.38 Å². The molecule has 5 aromatic rings. The molecular weight excluding hydrogens is 448 g/mol. The van der Waals surface area contributed by atoms with Crippen molar-refractivity contribution < 1.29 is 0 Å². The van der Waals surface area contributed by atoms with Crippen LogP contribution in [0.4, 0.5) is 0 Å². The van der Waals surface area contributed by atoms with Gasteiger partial charge >= 0.3 is 0 Å². The van der Waals surface area contributed by atoms with Crippen LogP contribution in [0.1, 0.15) is 74.3 Å². The molecule has 4 fully saturated rings. The van der Waals surface area contributed by atoms with Crippen LogP contribution in [0.2, 0.25) is 0 Å². The number of para-hydroxylation sites is 1. The molecular formula is C35H34N2. The molecule has 9 rings (SSSR count). The molecule has 0 amide bonds. The van der Waals surface area contributed by atoms with Crippen molar-refractivity contribution in [3.05, 3.63) is 84.1 Å². The highest BCUT2D eigenvalue weighted by Crippen LogP contribution is 2.58. The van der Waals surface area contributed by atoms with Crippen molar-refractivity contribution in [2.45, 2.75) is 63.2 Å². The number of pyridine rings is 1. The first-order chi connectivity index (χ1) is 18.3. The molecule has 3 aromatic carbocycles. The number of aromatic nitrogens is 2. The topological polar surface area (TPSA) is 17.3 Å². The van der Waals surface area contributed by atoms with Gasteiger partial charge in [0.15, 0.2) is 0 Å². The SMILES string of the molecule is c1cc(C2CC3CCC2C3)c(-c2cnc3c4ccccc4c4ccccc4n23)c(C2CC3CCC2C3)c1. The Hall–Kier alpha value is -3.13. The van der Waals surface area contributed by atoms with E-state index < -0.39 is 0 Å². The molecule has 4 aliphatic rings. The molecule has 0 spiro atoms. The lowest BCUT2D eigenvalue weighted by molar-refractivity contribution is 0.413. The van der Waals surface area contributed by atoms with Gasteiger partial charge in [-0.15, -0.1) is 0 Å². The van der Waals surface area contributed by atoms with Gasteiger partial charge in [-0.2, -0.15) is 0 Å². The number of rotatable bonds is 3. The summed E-state index contributed by atoms with van der Waals surface area (Å²) in [4.78, 5) is 5.17. The van der Waals surface area contributed by atoms with Gasteiger partial charge in [0.05, 0.1) is 17.4 Å². The fraction of sp³-hybridized carbons (Fsp3) is 0.400. The number of hydrogen-bond donors (Lipinski definition) is 0. The van der Waals surface area contributed by atoms with Gasteiger partial charge in [-0.25, -0.2) is 4.98 Å². The number of nitrogens with zero attached hydrogens (tertiary/aromatic N) is 2. The average molecular weight is 483 g/mol. The Labute approximate surface area is 218 Å². The highest BCUT2D eigenvalue weighted by Gasteiger charge is 2.44. The molecule has 0 N–H and O–H groups in total. The molecule has 2 nitrogen and oxygen atoms in total. The zero-order valence-corrected chi connectivity index (χ0v) is 21.4. The Morgan fingerprint density at radius 1 is 0.595 bits per heavy atom. The Kier molecular flexibility index (Phi) is 4.34. The maximum atomic E-state index is 5.17. The van der Waals surface area contributed by atoms with E-state index in [0.29, 0.717) is 11.8 Å². The maximum absolute atomic E-state index is 5.17. The van der Waals surface area contributed by atoms with Gasteiger partial charge in [-0.3, -0.25) is 4.40 Å². The van der Waals surface area contributed by atoms with Gasteiger partial charge in [0.2, 0.25) is 0 Å². The van der Waals surface area contributed by atoms with Crippen molar-refractivity contribution in [2.75, 3.05) is 0 Å². The van der Waals surface area contributed by atoms with E-state index in [1.807, 2.05) is 0 Å². The molecule has 0 aliphatic heterocycles. The normalized spacial score (nSPS) is 30.4. The van der Waals surface area contributed by atoms with E-state index in [1.165, 1.54) is 78.7 Å². The molecule has 0 saturated heterocycles. The first-order valence-electron chi connectivity index (χ1n) is 14.7. The molecule has 6 atom stereocenters. The van der Waals surface area contributed by atoms with Crippen LogP contribution >= 0.6 is 0 Å². The van der Waals surface area contributed by atoms with Crippen LogP contribution < -0.4 is 0 Å². The van der Waals surface area contributed by atoms with Crippen LogP contribution in [0.3, 0.4) is 0 Å². The summed E-state index contributed by atoms with van der Waals surface area (Å²) in [6, 6.07) is 25.2. The lowest BCUT2D eigenvalue weighted by atomic mass is 9.75. The van der Waals surface area contributed by atoms with Gasteiger partial charge in [-0.05, 0) is 96.6 Å². The van der Waals surface area contributed by atoms with Crippen LogP contribution in [-0.4, -0.2) is 9.38 Å². The number of hydrogen-bond acceptors (Lipinski definition) is 1. The van der Waals surface area contributed by atoms with Crippen molar-refractivity contribution in [3.8, 4) is 11.3 Å². The highest BCUT2D eigenvalue weighted by atomic mass is 15.0. The number of fused-ring (bicyclic) bond motifs is 10. The van der Waals surface area contributed by atoms with Gasteiger partial charge in [0.25, 0.3) is 0 Å². The Morgan fingerprint density at radius 3 is 1.84 bits per heavy atom. The minimum atomic E-state index is 0.713. The van der Waals surface area contributed by atoms with Crippen LogP contribution in [0.25, 0.3) is 38.6 Å². The Bertz CT molecular complexity index is 1650. The monoisotopic (exact) mass is 482 g/mol. The van der Waals surface area contributed by atoms with E-state index in [0.717, 1.165) is 29.3 Å². The molecule has 4 saturated carbocycles. The molecule has 2 heterocycles. The number of benzene rings is 3. The summed E-state index contributed by atoms with van der Waals surface area (Å²) in [6.07, 6.45) is 13.6. The average Bonchev–Trinajstić information content (AvgIpc) is 3.79. The first kappa shape index (κ1) is 20.9. The minimum absolute atomic E-state index is 0.713. The fourth-order valence-electron chi connectivity index (χ4n) is 9.53. The van der Waals surface area contributed by atoms with Crippen LogP contribution in [-0.2, 0) is 0 Å². The predicted octanol–water partition coefficient (Wildman–Crippen LogP) is 9.11.